The van der Waals surface area contributed by atoms with Crippen molar-refractivity contribution in [3.63, 3.8) is 0 Å². The number of phosphoric ester groups is 1. The Balaban J connectivity index is 4.86. The van der Waals surface area contributed by atoms with Crippen LogP contribution < -0.4 is 0 Å². The summed E-state index contributed by atoms with van der Waals surface area (Å²) in [6.45, 7) is -1.28. The molecule has 0 radical (unpaired) electrons. The number of aliphatic hydroxyl groups excluding tert-OH is 1. The second-order valence-electron chi connectivity index (χ2n) is 2.71. The maximum Gasteiger partial charge on any atom is 0.490 e. The Hall–Kier alpha value is -0.160. The summed E-state index contributed by atoms with van der Waals surface area (Å²) in [6.07, 6.45) is -2.27. The smallest absolute Gasteiger partial charge is 0.479 e. The van der Waals surface area contributed by atoms with Gasteiger partial charge in [-0.3, -0.25) is 4.52 Å². The first-order valence-corrected chi connectivity index (χ1v) is 8.46. The van der Waals surface area contributed by atoms with Gasteiger partial charge in [0.1, 0.15) is 0 Å². The third-order valence-corrected chi connectivity index (χ3v) is 4.97. The van der Waals surface area contributed by atoms with Gasteiger partial charge in [0.05, 0.1) is 6.61 Å². The van der Waals surface area contributed by atoms with Crippen LogP contribution >= 0.6 is 23.5 Å². The number of hydrogen-bond acceptors (Lipinski definition) is 8. The molecule has 0 aromatic heterocycles. The molecule has 0 aliphatic rings. The Morgan fingerprint density at radius 2 is 1.47 bits per heavy atom. The molecule has 0 amide bonds. The van der Waals surface area contributed by atoms with Gasteiger partial charge >= 0.3 is 29.4 Å². The molecule has 6 N–H and O–H groups in total. The minimum atomic E-state index is -5.71. The van der Waals surface area contributed by atoms with E-state index in [1.54, 1.807) is 0 Å². The standard InChI is InChI=1S/C3H9O13P3/c4-1-2(3(5)6)14-18(10,11)16-19(12,13)15-17(7,8)9/h2,4H,1H2,(H,5,6)(H,10,11)(H,12,13)(H2,7,8,9). The van der Waals surface area contributed by atoms with E-state index in [4.69, 9.17) is 29.8 Å². The van der Waals surface area contributed by atoms with Gasteiger partial charge in [-0.2, -0.15) is 8.62 Å². The molecule has 19 heavy (non-hydrogen) atoms. The lowest BCUT2D eigenvalue weighted by molar-refractivity contribution is -0.147. The summed E-state index contributed by atoms with van der Waals surface area (Å²) >= 11 is 0. The highest BCUT2D eigenvalue weighted by molar-refractivity contribution is 7.66. The molecule has 3 unspecified atom stereocenters. The van der Waals surface area contributed by atoms with E-state index in [2.05, 4.69) is 13.1 Å². The number of carbonyl (C=O) groups is 1. The van der Waals surface area contributed by atoms with E-state index in [0.29, 0.717) is 0 Å². The van der Waals surface area contributed by atoms with Crippen molar-refractivity contribution in [2.24, 2.45) is 0 Å². The Kier molecular flexibility index (Phi) is 6.47. The molecule has 13 nitrogen and oxygen atoms in total. The quantitative estimate of drug-likeness (QED) is 0.284. The number of phosphoric acid groups is 3. The van der Waals surface area contributed by atoms with E-state index in [1.165, 1.54) is 0 Å². The van der Waals surface area contributed by atoms with Crippen molar-refractivity contribution in [1.82, 2.24) is 0 Å². The van der Waals surface area contributed by atoms with Gasteiger partial charge in [-0.05, 0) is 0 Å². The molecule has 0 saturated carbocycles. The van der Waals surface area contributed by atoms with Gasteiger partial charge in [0, 0.05) is 0 Å². The van der Waals surface area contributed by atoms with E-state index in [1.807, 2.05) is 0 Å². The number of carboxylic acid groups (broad SMARTS) is 1. The zero-order chi connectivity index (χ0) is 15.5. The minimum absolute atomic E-state index is 1.28. The van der Waals surface area contributed by atoms with Gasteiger partial charge in [-0.1, -0.05) is 0 Å². The van der Waals surface area contributed by atoms with Gasteiger partial charge in [0.2, 0.25) is 0 Å². The first kappa shape index (κ1) is 18.8. The molecule has 114 valence electrons. The summed E-state index contributed by atoms with van der Waals surface area (Å²) < 4.78 is 42.5. The Labute approximate surface area is 104 Å². The first-order valence-electron chi connectivity index (χ1n) is 3.94. The fourth-order valence-corrected chi connectivity index (χ4v) is 3.75. The number of carboxylic acids is 1. The lowest BCUT2D eigenvalue weighted by Gasteiger charge is -2.18. The van der Waals surface area contributed by atoms with Crippen molar-refractivity contribution in [2.45, 2.75) is 6.10 Å². The highest BCUT2D eigenvalue weighted by Crippen LogP contribution is 2.66. The fraction of sp³-hybridized carbons (Fsp3) is 0.667. The maximum absolute atomic E-state index is 11.1. The zero-order valence-corrected chi connectivity index (χ0v) is 11.4. The van der Waals surface area contributed by atoms with Crippen molar-refractivity contribution in [3.8, 4) is 0 Å². The number of rotatable bonds is 8. The van der Waals surface area contributed by atoms with Crippen molar-refractivity contribution in [3.05, 3.63) is 0 Å². The van der Waals surface area contributed by atoms with Crippen LogP contribution in [0.4, 0.5) is 0 Å². The molecule has 0 aromatic rings. The third-order valence-electron chi connectivity index (χ3n) is 1.12. The van der Waals surface area contributed by atoms with Gasteiger partial charge in [0.25, 0.3) is 0 Å². The van der Waals surface area contributed by atoms with Crippen LogP contribution in [0, 0.1) is 0 Å². The topological polar surface area (TPSA) is 217 Å². The van der Waals surface area contributed by atoms with Crippen LogP contribution in [0.3, 0.4) is 0 Å². The second-order valence-corrected chi connectivity index (χ2v) is 7.08. The average molecular weight is 346 g/mol. The predicted octanol–water partition coefficient (Wildman–Crippen LogP) is -1.22. The molecule has 0 saturated heterocycles. The first-order chi connectivity index (χ1) is 8.28. The predicted molar refractivity (Wildman–Crippen MR) is 53.5 cm³/mol. The average Bonchev–Trinajstić information content (AvgIpc) is 2.07. The molecule has 0 bridgehead atoms. The molecule has 16 heteroatoms. The molecular weight excluding hydrogens is 337 g/mol. The van der Waals surface area contributed by atoms with E-state index in [0.717, 1.165) is 0 Å². The Morgan fingerprint density at radius 3 is 1.79 bits per heavy atom. The summed E-state index contributed by atoms with van der Waals surface area (Å²) in [5, 5.41) is 16.8. The van der Waals surface area contributed by atoms with Gasteiger partial charge < -0.3 is 29.8 Å². The molecule has 0 rings (SSSR count). The van der Waals surface area contributed by atoms with Crippen LogP contribution in [0.15, 0.2) is 0 Å². The van der Waals surface area contributed by atoms with Crippen LogP contribution in [0.1, 0.15) is 0 Å². The van der Waals surface area contributed by atoms with E-state index in [-0.39, 0.29) is 0 Å². The second kappa shape index (κ2) is 6.53. The minimum Gasteiger partial charge on any atom is -0.479 e. The largest absolute Gasteiger partial charge is 0.490 e. The summed E-state index contributed by atoms with van der Waals surface area (Å²) in [4.78, 5) is 44.3. The monoisotopic (exact) mass is 346 g/mol. The molecule has 0 fully saturated rings. The van der Waals surface area contributed by atoms with Crippen LogP contribution in [0.2, 0.25) is 0 Å². The van der Waals surface area contributed by atoms with Crippen molar-refractivity contribution >= 4 is 29.4 Å². The SMILES string of the molecule is O=C(O)C(CO)OP(=O)(O)OP(=O)(O)OP(=O)(O)O. The van der Waals surface area contributed by atoms with E-state index < -0.39 is 42.1 Å². The Morgan fingerprint density at radius 1 is 1.00 bits per heavy atom. The number of aliphatic carboxylic acids is 1. The summed E-state index contributed by atoms with van der Waals surface area (Å²) in [6, 6.07) is 0. The van der Waals surface area contributed by atoms with Gasteiger partial charge in [-0.25, -0.2) is 18.5 Å². The summed E-state index contributed by atoms with van der Waals surface area (Å²) in [5.41, 5.74) is 0. The van der Waals surface area contributed by atoms with Crippen LogP contribution in [-0.4, -0.2) is 48.5 Å². The lowest BCUT2D eigenvalue weighted by Crippen LogP contribution is -2.26. The van der Waals surface area contributed by atoms with Crippen molar-refractivity contribution in [1.29, 1.82) is 0 Å². The van der Waals surface area contributed by atoms with Crippen molar-refractivity contribution in [2.75, 3.05) is 6.61 Å². The number of hydrogen-bond donors (Lipinski definition) is 6. The summed E-state index contributed by atoms with van der Waals surface area (Å²) in [5.74, 6) is -1.90. The Bertz CT molecular complexity index is 462. The highest BCUT2D eigenvalue weighted by atomic mass is 31.3. The molecule has 0 aromatic carbocycles. The number of aliphatic hydroxyl groups is 1. The van der Waals surface area contributed by atoms with Crippen LogP contribution in [0.5, 0.6) is 0 Å². The molecular formula is C3H9O13P3. The fourth-order valence-electron chi connectivity index (χ4n) is 0.616. The van der Waals surface area contributed by atoms with Gasteiger partial charge in [0.15, 0.2) is 6.10 Å². The van der Waals surface area contributed by atoms with Crippen LogP contribution in [-0.2, 0) is 31.6 Å². The van der Waals surface area contributed by atoms with Gasteiger partial charge in [-0.15, -0.1) is 0 Å². The van der Waals surface area contributed by atoms with Crippen LogP contribution in [0.25, 0.3) is 0 Å². The lowest BCUT2D eigenvalue weighted by atomic mass is 10.4. The van der Waals surface area contributed by atoms with Crippen molar-refractivity contribution < 1.29 is 61.4 Å². The molecule has 0 spiro atoms. The maximum atomic E-state index is 11.1. The van der Waals surface area contributed by atoms with E-state index >= 15 is 0 Å². The molecule has 0 aliphatic carbocycles. The highest BCUT2D eigenvalue weighted by Gasteiger charge is 2.42. The summed E-state index contributed by atoms with van der Waals surface area (Å²) in [7, 11) is -16.8. The third kappa shape index (κ3) is 8.58. The normalized spacial score (nSPS) is 20.3. The molecule has 0 aliphatic heterocycles. The molecule has 0 heterocycles. The molecule has 3 atom stereocenters. The van der Waals surface area contributed by atoms with E-state index in [9.17, 15) is 18.5 Å². The zero-order valence-electron chi connectivity index (χ0n) is 8.67.